The number of rotatable bonds is 4. The number of hydrogen-bond acceptors (Lipinski definition) is 7. The van der Waals surface area contributed by atoms with Crippen molar-refractivity contribution < 1.29 is 10.0 Å². The van der Waals surface area contributed by atoms with Crippen molar-refractivity contribution in [1.29, 1.82) is 5.26 Å². The molecule has 1 aromatic heterocycles. The molecule has 2 aromatic carbocycles. The predicted molar refractivity (Wildman–Crippen MR) is 100 cm³/mol. The van der Waals surface area contributed by atoms with Crippen LogP contribution in [0.3, 0.4) is 0 Å². The number of nitrogens with zero attached hydrogens (tertiary/aromatic N) is 5. The van der Waals surface area contributed by atoms with E-state index in [1.807, 2.05) is 6.07 Å². The first-order chi connectivity index (χ1) is 13.5. The van der Waals surface area contributed by atoms with E-state index in [1.54, 1.807) is 36.4 Å². The highest BCUT2D eigenvalue weighted by Crippen LogP contribution is 2.31. The van der Waals surface area contributed by atoms with Crippen LogP contribution in [0.1, 0.15) is 11.1 Å². The maximum absolute atomic E-state index is 12.9. The molecular weight excluding hydrogens is 362 g/mol. The first-order valence-electron chi connectivity index (χ1n) is 8.05. The number of nitriles is 1. The fourth-order valence-corrected chi connectivity index (χ4v) is 2.64. The third-order valence-corrected chi connectivity index (χ3v) is 4.03. The van der Waals surface area contributed by atoms with E-state index in [-0.39, 0.29) is 28.2 Å². The minimum atomic E-state index is -0.706. The van der Waals surface area contributed by atoms with Crippen LogP contribution in [-0.4, -0.2) is 14.6 Å². The molecule has 3 aromatic rings. The Morgan fingerprint density at radius 2 is 1.75 bits per heavy atom. The van der Waals surface area contributed by atoms with E-state index in [0.29, 0.717) is 5.69 Å². The summed E-state index contributed by atoms with van der Waals surface area (Å²) in [6.45, 7) is 1.45. The van der Waals surface area contributed by atoms with Gasteiger partial charge in [0.1, 0.15) is 11.6 Å². The number of aromatic nitrogens is 1. The monoisotopic (exact) mass is 375 g/mol. The Balaban J connectivity index is 2.24. The van der Waals surface area contributed by atoms with Gasteiger partial charge in [-0.05, 0) is 25.1 Å². The summed E-state index contributed by atoms with van der Waals surface area (Å²) in [5.74, 6) is -0.513. The van der Waals surface area contributed by atoms with E-state index in [4.69, 9.17) is 0 Å². The van der Waals surface area contributed by atoms with Crippen LogP contribution >= 0.6 is 0 Å². The van der Waals surface area contributed by atoms with Gasteiger partial charge in [0.15, 0.2) is 11.4 Å². The summed E-state index contributed by atoms with van der Waals surface area (Å²) in [4.78, 5) is 23.4. The standard InChI is InChI=1S/C19H13N5O4/c1-12-14(11-20)18(25)23(13-7-3-2-4-8-13)19(26)17(12)22-21-15-9-5-6-10-16(15)24(27)28/h2-10,25H,1H3. The summed E-state index contributed by atoms with van der Waals surface area (Å²) in [6.07, 6.45) is 0. The van der Waals surface area contributed by atoms with Gasteiger partial charge in [-0.1, -0.05) is 30.3 Å². The van der Waals surface area contributed by atoms with Gasteiger partial charge >= 0.3 is 0 Å². The Morgan fingerprint density at radius 3 is 2.39 bits per heavy atom. The van der Waals surface area contributed by atoms with Gasteiger partial charge in [-0.15, -0.1) is 10.2 Å². The lowest BCUT2D eigenvalue weighted by Crippen LogP contribution is -2.20. The molecule has 0 amide bonds. The average molecular weight is 375 g/mol. The van der Waals surface area contributed by atoms with Crippen molar-refractivity contribution in [3.63, 3.8) is 0 Å². The molecule has 9 nitrogen and oxygen atoms in total. The highest BCUT2D eigenvalue weighted by atomic mass is 16.6. The number of hydrogen-bond donors (Lipinski definition) is 1. The number of nitro groups is 1. The maximum Gasteiger partial charge on any atom is 0.296 e. The summed E-state index contributed by atoms with van der Waals surface area (Å²) >= 11 is 0. The summed E-state index contributed by atoms with van der Waals surface area (Å²) < 4.78 is 0.944. The molecule has 138 valence electrons. The summed E-state index contributed by atoms with van der Waals surface area (Å²) in [7, 11) is 0. The Labute approximate surface area is 158 Å². The molecular formula is C19H13N5O4. The van der Waals surface area contributed by atoms with Crippen LogP contribution in [0.5, 0.6) is 5.88 Å². The van der Waals surface area contributed by atoms with Gasteiger partial charge < -0.3 is 5.11 Å². The van der Waals surface area contributed by atoms with Crippen LogP contribution in [0.15, 0.2) is 69.6 Å². The van der Waals surface area contributed by atoms with Gasteiger partial charge in [0.2, 0.25) is 5.88 Å². The molecule has 0 radical (unpaired) electrons. The van der Waals surface area contributed by atoms with Gasteiger partial charge in [0, 0.05) is 11.6 Å². The zero-order valence-corrected chi connectivity index (χ0v) is 14.6. The Kier molecular flexibility index (Phi) is 4.95. The molecule has 0 bridgehead atoms. The maximum atomic E-state index is 12.9. The second-order valence-corrected chi connectivity index (χ2v) is 5.71. The molecule has 28 heavy (non-hydrogen) atoms. The van der Waals surface area contributed by atoms with Gasteiger partial charge in [-0.2, -0.15) is 5.26 Å². The normalized spacial score (nSPS) is 10.7. The van der Waals surface area contributed by atoms with E-state index in [0.717, 1.165) is 4.57 Å². The SMILES string of the molecule is Cc1c(C#N)c(O)n(-c2ccccc2)c(=O)c1N=Nc1ccccc1[N+](=O)[O-]. The molecule has 0 saturated heterocycles. The molecule has 1 N–H and O–H groups in total. The Bertz CT molecular complexity index is 1190. The lowest BCUT2D eigenvalue weighted by atomic mass is 10.1. The zero-order chi connectivity index (χ0) is 20.3. The number of pyridine rings is 1. The molecule has 9 heteroatoms. The topological polar surface area (TPSA) is 134 Å². The summed E-state index contributed by atoms with van der Waals surface area (Å²) in [5.41, 5.74) is -0.891. The number of nitro benzene ring substituents is 1. The van der Waals surface area contributed by atoms with Crippen molar-refractivity contribution in [2.45, 2.75) is 6.92 Å². The minimum absolute atomic E-state index is 0.0378. The molecule has 0 aliphatic rings. The van der Waals surface area contributed by atoms with Crippen molar-refractivity contribution in [2.75, 3.05) is 0 Å². The van der Waals surface area contributed by atoms with E-state index < -0.39 is 16.4 Å². The molecule has 0 aliphatic carbocycles. The number of para-hydroxylation sites is 2. The molecule has 0 aliphatic heterocycles. The number of benzene rings is 2. The van der Waals surface area contributed by atoms with Crippen LogP contribution < -0.4 is 5.56 Å². The molecule has 0 unspecified atom stereocenters. The lowest BCUT2D eigenvalue weighted by Gasteiger charge is -2.12. The fourth-order valence-electron chi connectivity index (χ4n) is 2.64. The molecule has 3 rings (SSSR count). The lowest BCUT2D eigenvalue weighted by molar-refractivity contribution is -0.384. The van der Waals surface area contributed by atoms with Gasteiger partial charge in [-0.25, -0.2) is 4.57 Å². The van der Waals surface area contributed by atoms with Gasteiger partial charge in [-0.3, -0.25) is 14.9 Å². The second-order valence-electron chi connectivity index (χ2n) is 5.71. The van der Waals surface area contributed by atoms with Crippen LogP contribution in [-0.2, 0) is 0 Å². The van der Waals surface area contributed by atoms with Crippen molar-refractivity contribution >= 4 is 17.1 Å². The molecule has 0 saturated carbocycles. The van der Waals surface area contributed by atoms with Crippen molar-refractivity contribution in [1.82, 2.24) is 4.57 Å². The average Bonchev–Trinajstić information content (AvgIpc) is 2.69. The van der Waals surface area contributed by atoms with Crippen molar-refractivity contribution in [2.24, 2.45) is 10.2 Å². The predicted octanol–water partition coefficient (Wildman–Crippen LogP) is 4.05. The Hall–Kier alpha value is -4.32. The van der Waals surface area contributed by atoms with Gasteiger partial charge in [0.25, 0.3) is 11.2 Å². The summed E-state index contributed by atoms with van der Waals surface area (Å²) in [6, 6.07) is 15.8. The second kappa shape index (κ2) is 7.51. The summed E-state index contributed by atoms with van der Waals surface area (Å²) in [5, 5.41) is 38.6. The van der Waals surface area contributed by atoms with Crippen molar-refractivity contribution in [3.05, 3.63) is 86.2 Å². The van der Waals surface area contributed by atoms with E-state index in [2.05, 4.69) is 10.2 Å². The molecule has 0 spiro atoms. The van der Waals surface area contributed by atoms with E-state index in [1.165, 1.54) is 25.1 Å². The van der Waals surface area contributed by atoms with Crippen LogP contribution in [0.2, 0.25) is 0 Å². The molecule has 0 fully saturated rings. The van der Waals surface area contributed by atoms with E-state index in [9.17, 15) is 25.3 Å². The molecule has 0 atom stereocenters. The fraction of sp³-hybridized carbons (Fsp3) is 0.0526. The van der Waals surface area contributed by atoms with Crippen molar-refractivity contribution in [3.8, 4) is 17.6 Å². The smallest absolute Gasteiger partial charge is 0.296 e. The zero-order valence-electron chi connectivity index (χ0n) is 14.6. The van der Waals surface area contributed by atoms with Crippen LogP contribution in [0, 0.1) is 28.4 Å². The quantitative estimate of drug-likeness (QED) is 0.417. The third-order valence-electron chi connectivity index (χ3n) is 4.03. The number of azo groups is 1. The third kappa shape index (κ3) is 3.22. The largest absolute Gasteiger partial charge is 0.493 e. The highest BCUT2D eigenvalue weighted by Gasteiger charge is 2.20. The van der Waals surface area contributed by atoms with E-state index >= 15 is 0 Å². The number of aromatic hydroxyl groups is 1. The van der Waals surface area contributed by atoms with Gasteiger partial charge in [0.05, 0.1) is 10.6 Å². The molecule has 1 heterocycles. The minimum Gasteiger partial charge on any atom is -0.493 e. The van der Waals surface area contributed by atoms with Crippen LogP contribution in [0.4, 0.5) is 17.1 Å². The highest BCUT2D eigenvalue weighted by molar-refractivity contribution is 5.60. The first kappa shape index (κ1) is 18.5. The van der Waals surface area contributed by atoms with Crippen LogP contribution in [0.25, 0.3) is 5.69 Å². The first-order valence-corrected chi connectivity index (χ1v) is 8.05. The Morgan fingerprint density at radius 1 is 1.11 bits per heavy atom.